The van der Waals surface area contributed by atoms with E-state index in [1.54, 1.807) is 12.1 Å². The van der Waals surface area contributed by atoms with Crippen molar-refractivity contribution < 1.29 is 13.7 Å². The lowest BCUT2D eigenvalue weighted by molar-refractivity contribution is -0.132. The van der Waals surface area contributed by atoms with E-state index in [0.29, 0.717) is 31.3 Å². The van der Waals surface area contributed by atoms with Crippen LogP contribution in [0.3, 0.4) is 0 Å². The molecule has 26 heavy (non-hydrogen) atoms. The number of rotatable bonds is 5. The molecule has 1 atom stereocenters. The molecule has 1 amide bonds. The van der Waals surface area contributed by atoms with Crippen molar-refractivity contribution in [2.75, 3.05) is 26.2 Å². The van der Waals surface area contributed by atoms with Gasteiger partial charge in [-0.15, -0.1) is 0 Å². The van der Waals surface area contributed by atoms with E-state index in [0.717, 1.165) is 37.3 Å². The first-order chi connectivity index (χ1) is 12.6. The maximum absolute atomic E-state index is 13.0. The summed E-state index contributed by atoms with van der Waals surface area (Å²) >= 11 is 0. The fourth-order valence-electron chi connectivity index (χ4n) is 3.33. The van der Waals surface area contributed by atoms with E-state index < -0.39 is 0 Å². The third-order valence-corrected chi connectivity index (χ3v) is 5.24. The molecule has 1 aliphatic heterocycles. The van der Waals surface area contributed by atoms with Gasteiger partial charge in [-0.05, 0) is 37.5 Å². The molecular weight excluding hydrogens is 335 g/mol. The molecule has 1 unspecified atom stereocenters. The standard InChI is InChI=1S/C19H23FN4O2/c1-13(19-21-18(22-26-19)15-4-5-15)23-8-10-24(11-9-23)17(25)12-14-2-6-16(20)7-3-14/h2-3,6-7,13,15H,4-5,8-12H2,1H3. The van der Waals surface area contributed by atoms with Gasteiger partial charge in [-0.3, -0.25) is 9.69 Å². The largest absolute Gasteiger partial charge is 0.340 e. The Labute approximate surface area is 152 Å². The van der Waals surface area contributed by atoms with Crippen LogP contribution in [0.4, 0.5) is 4.39 Å². The third-order valence-electron chi connectivity index (χ3n) is 5.24. The van der Waals surface area contributed by atoms with Crippen LogP contribution in [0.15, 0.2) is 28.8 Å². The van der Waals surface area contributed by atoms with E-state index in [2.05, 4.69) is 22.0 Å². The van der Waals surface area contributed by atoms with E-state index >= 15 is 0 Å². The second kappa shape index (κ2) is 7.15. The number of halogens is 1. The predicted octanol–water partition coefficient (Wildman–Crippen LogP) is 2.53. The molecule has 7 heteroatoms. The van der Waals surface area contributed by atoms with Crippen LogP contribution in [0.25, 0.3) is 0 Å². The molecule has 2 aliphatic rings. The van der Waals surface area contributed by atoms with Crippen LogP contribution in [0.2, 0.25) is 0 Å². The number of hydrogen-bond donors (Lipinski definition) is 0. The van der Waals surface area contributed by atoms with Crippen molar-refractivity contribution in [1.29, 1.82) is 0 Å². The SMILES string of the molecule is CC(c1nc(C2CC2)no1)N1CCN(C(=O)Cc2ccc(F)cc2)CC1. The van der Waals surface area contributed by atoms with Crippen LogP contribution in [-0.4, -0.2) is 52.0 Å². The van der Waals surface area contributed by atoms with E-state index in [-0.39, 0.29) is 17.8 Å². The molecule has 0 radical (unpaired) electrons. The van der Waals surface area contributed by atoms with Crippen LogP contribution < -0.4 is 0 Å². The van der Waals surface area contributed by atoms with Crippen LogP contribution in [0, 0.1) is 5.82 Å². The van der Waals surface area contributed by atoms with Gasteiger partial charge in [0.2, 0.25) is 11.8 Å². The molecule has 1 aromatic heterocycles. The van der Waals surface area contributed by atoms with Gasteiger partial charge in [-0.25, -0.2) is 4.39 Å². The Kier molecular flexibility index (Phi) is 4.72. The summed E-state index contributed by atoms with van der Waals surface area (Å²) in [6, 6.07) is 6.17. The smallest absolute Gasteiger partial charge is 0.243 e. The van der Waals surface area contributed by atoms with Gasteiger partial charge in [0.25, 0.3) is 0 Å². The zero-order valence-electron chi connectivity index (χ0n) is 14.9. The molecule has 4 rings (SSSR count). The van der Waals surface area contributed by atoms with Crippen LogP contribution in [0.5, 0.6) is 0 Å². The lowest BCUT2D eigenvalue weighted by Gasteiger charge is -2.36. The first kappa shape index (κ1) is 17.1. The summed E-state index contributed by atoms with van der Waals surface area (Å²) < 4.78 is 18.4. The van der Waals surface area contributed by atoms with Gasteiger partial charge >= 0.3 is 0 Å². The van der Waals surface area contributed by atoms with E-state index in [1.165, 1.54) is 12.1 Å². The van der Waals surface area contributed by atoms with E-state index in [4.69, 9.17) is 4.52 Å². The van der Waals surface area contributed by atoms with Crippen molar-refractivity contribution >= 4 is 5.91 Å². The molecule has 0 spiro atoms. The van der Waals surface area contributed by atoms with Crippen molar-refractivity contribution in [1.82, 2.24) is 19.9 Å². The highest BCUT2D eigenvalue weighted by atomic mass is 19.1. The highest BCUT2D eigenvalue weighted by Crippen LogP contribution is 2.38. The second-order valence-electron chi connectivity index (χ2n) is 7.16. The summed E-state index contributed by atoms with van der Waals surface area (Å²) in [5.41, 5.74) is 0.839. The topological polar surface area (TPSA) is 62.5 Å². The molecule has 0 bridgehead atoms. The second-order valence-corrected chi connectivity index (χ2v) is 7.16. The number of amides is 1. The number of carbonyl (C=O) groups excluding carboxylic acids is 1. The summed E-state index contributed by atoms with van der Waals surface area (Å²) in [7, 11) is 0. The van der Waals surface area contributed by atoms with Gasteiger partial charge in [0.15, 0.2) is 5.82 Å². The van der Waals surface area contributed by atoms with Crippen molar-refractivity contribution in [3.63, 3.8) is 0 Å². The summed E-state index contributed by atoms with van der Waals surface area (Å²) in [5.74, 6) is 1.78. The van der Waals surface area contributed by atoms with Crippen molar-refractivity contribution in [2.45, 2.75) is 38.1 Å². The number of aromatic nitrogens is 2. The molecule has 1 aliphatic carbocycles. The summed E-state index contributed by atoms with van der Waals surface area (Å²) in [6.45, 7) is 4.97. The minimum atomic E-state index is -0.283. The number of hydrogen-bond acceptors (Lipinski definition) is 5. The van der Waals surface area contributed by atoms with Gasteiger partial charge < -0.3 is 9.42 Å². The monoisotopic (exact) mass is 358 g/mol. The molecule has 2 aromatic rings. The van der Waals surface area contributed by atoms with Crippen molar-refractivity contribution in [2.24, 2.45) is 0 Å². The fraction of sp³-hybridized carbons (Fsp3) is 0.526. The minimum Gasteiger partial charge on any atom is -0.340 e. The van der Waals surface area contributed by atoms with E-state index in [9.17, 15) is 9.18 Å². The summed E-state index contributed by atoms with van der Waals surface area (Å²) in [5, 5.41) is 4.09. The highest BCUT2D eigenvalue weighted by Gasteiger charge is 2.32. The predicted molar refractivity (Wildman–Crippen MR) is 92.9 cm³/mol. The van der Waals surface area contributed by atoms with Gasteiger partial charge in [-0.1, -0.05) is 17.3 Å². The minimum absolute atomic E-state index is 0.0596. The number of piperazine rings is 1. The summed E-state index contributed by atoms with van der Waals surface area (Å²) in [6.07, 6.45) is 2.62. The summed E-state index contributed by atoms with van der Waals surface area (Å²) in [4.78, 5) is 21.1. The van der Waals surface area contributed by atoms with Gasteiger partial charge in [0.05, 0.1) is 12.5 Å². The zero-order chi connectivity index (χ0) is 18.1. The van der Waals surface area contributed by atoms with Gasteiger partial charge in [0, 0.05) is 32.1 Å². The third kappa shape index (κ3) is 3.77. The Morgan fingerprint density at radius 1 is 1.23 bits per heavy atom. The molecule has 1 saturated carbocycles. The Bertz CT molecular complexity index is 764. The maximum atomic E-state index is 13.0. The fourth-order valence-corrected chi connectivity index (χ4v) is 3.33. The average Bonchev–Trinajstić information content (AvgIpc) is 3.40. The molecule has 0 N–H and O–H groups in total. The quantitative estimate of drug-likeness (QED) is 0.822. The Balaban J connectivity index is 1.30. The molecule has 2 fully saturated rings. The number of nitrogens with zero attached hydrogens (tertiary/aromatic N) is 4. The van der Waals surface area contributed by atoms with Gasteiger partial charge in [0.1, 0.15) is 5.82 Å². The number of benzene rings is 1. The molecule has 138 valence electrons. The van der Waals surface area contributed by atoms with E-state index in [1.807, 2.05) is 4.90 Å². The van der Waals surface area contributed by atoms with Crippen LogP contribution >= 0.6 is 0 Å². The number of carbonyl (C=O) groups is 1. The maximum Gasteiger partial charge on any atom is 0.243 e. The van der Waals surface area contributed by atoms with Crippen molar-refractivity contribution in [3.05, 3.63) is 47.4 Å². The zero-order valence-corrected chi connectivity index (χ0v) is 14.9. The Hall–Kier alpha value is -2.28. The Morgan fingerprint density at radius 2 is 1.92 bits per heavy atom. The molecule has 1 saturated heterocycles. The molecular formula is C19H23FN4O2. The highest BCUT2D eigenvalue weighted by molar-refractivity contribution is 5.78. The first-order valence-electron chi connectivity index (χ1n) is 9.20. The lowest BCUT2D eigenvalue weighted by atomic mass is 10.1. The molecule has 1 aromatic carbocycles. The van der Waals surface area contributed by atoms with Crippen LogP contribution in [0.1, 0.15) is 49.0 Å². The average molecular weight is 358 g/mol. The molecule has 6 nitrogen and oxygen atoms in total. The van der Waals surface area contributed by atoms with Gasteiger partial charge in [-0.2, -0.15) is 4.98 Å². The first-order valence-corrected chi connectivity index (χ1v) is 9.20. The molecule has 2 heterocycles. The lowest BCUT2D eigenvalue weighted by Crippen LogP contribution is -2.49. The normalized spacial score (nSPS) is 19.5. The Morgan fingerprint density at radius 3 is 2.58 bits per heavy atom. The van der Waals surface area contributed by atoms with Crippen molar-refractivity contribution in [3.8, 4) is 0 Å². The van der Waals surface area contributed by atoms with Crippen LogP contribution in [-0.2, 0) is 11.2 Å².